The Kier molecular flexibility index (Phi) is 5.54. The summed E-state index contributed by atoms with van der Waals surface area (Å²) >= 11 is 11.8. The number of aromatic nitrogens is 1. The van der Waals surface area contributed by atoms with Crippen molar-refractivity contribution in [3.05, 3.63) is 70.2 Å². The molecule has 0 fully saturated rings. The third-order valence-electron chi connectivity index (χ3n) is 3.46. The first-order valence-electron chi connectivity index (χ1n) is 7.57. The smallest absolute Gasteiger partial charge is 0.224 e. The maximum Gasteiger partial charge on any atom is 0.224 e. The Morgan fingerprint density at radius 1 is 1.12 bits per heavy atom. The molecule has 0 atom stereocenters. The van der Waals surface area contributed by atoms with Gasteiger partial charge in [0.15, 0.2) is 11.7 Å². The Morgan fingerprint density at radius 3 is 2.54 bits per heavy atom. The molecule has 26 heavy (non-hydrogen) atoms. The molecule has 8 heteroatoms. The summed E-state index contributed by atoms with van der Waals surface area (Å²) in [6, 6.07) is 7.87. The molecule has 0 radical (unpaired) electrons. The van der Waals surface area contributed by atoms with Crippen LogP contribution in [0.2, 0.25) is 10.0 Å². The molecule has 2 aromatic carbocycles. The van der Waals surface area contributed by atoms with Gasteiger partial charge in [-0.25, -0.2) is 13.8 Å². The molecule has 134 valence electrons. The van der Waals surface area contributed by atoms with Crippen LogP contribution in [0.1, 0.15) is 12.3 Å². The fraction of sp³-hybridized carbons (Fsp3) is 0.111. The lowest BCUT2D eigenvalue weighted by molar-refractivity contribution is -0.116. The van der Waals surface area contributed by atoms with Crippen LogP contribution >= 0.6 is 23.2 Å². The number of carbonyl (C=O) groups is 1. The zero-order valence-corrected chi connectivity index (χ0v) is 14.7. The number of halogens is 4. The molecule has 0 saturated carbocycles. The number of nitrogens with zero attached hydrogens (tertiary/aromatic N) is 1. The van der Waals surface area contributed by atoms with Crippen molar-refractivity contribution in [2.45, 2.75) is 12.8 Å². The second-order valence-corrected chi connectivity index (χ2v) is 6.32. The Hall–Kier alpha value is -2.44. The molecule has 0 bridgehead atoms. The van der Waals surface area contributed by atoms with E-state index in [1.807, 2.05) is 0 Å². The Morgan fingerprint density at radius 2 is 1.85 bits per heavy atom. The number of nitrogens with one attached hydrogen (secondary N) is 1. The molecule has 1 N–H and O–H groups in total. The van der Waals surface area contributed by atoms with E-state index in [0.717, 1.165) is 12.1 Å². The van der Waals surface area contributed by atoms with Crippen LogP contribution in [0.4, 0.5) is 14.5 Å². The molecule has 0 saturated heterocycles. The Balaban J connectivity index is 1.61. The van der Waals surface area contributed by atoms with E-state index < -0.39 is 11.6 Å². The van der Waals surface area contributed by atoms with Gasteiger partial charge in [-0.1, -0.05) is 23.2 Å². The number of carbonyl (C=O) groups excluding carboxylic acids is 1. The molecule has 1 aromatic heterocycles. The van der Waals surface area contributed by atoms with Gasteiger partial charge in [0.1, 0.15) is 11.6 Å². The summed E-state index contributed by atoms with van der Waals surface area (Å²) in [5.41, 5.74) is 0.581. The van der Waals surface area contributed by atoms with Crippen molar-refractivity contribution in [3.63, 3.8) is 0 Å². The van der Waals surface area contributed by atoms with E-state index in [0.29, 0.717) is 15.7 Å². The van der Waals surface area contributed by atoms with Gasteiger partial charge in [0.25, 0.3) is 0 Å². The zero-order chi connectivity index (χ0) is 18.7. The van der Waals surface area contributed by atoms with Crippen molar-refractivity contribution in [1.82, 2.24) is 4.98 Å². The van der Waals surface area contributed by atoms with Crippen molar-refractivity contribution >= 4 is 34.8 Å². The van der Waals surface area contributed by atoms with Crippen molar-refractivity contribution in [3.8, 4) is 11.3 Å². The molecule has 3 aromatic rings. The summed E-state index contributed by atoms with van der Waals surface area (Å²) in [5, 5.41) is 3.49. The fourth-order valence-electron chi connectivity index (χ4n) is 2.31. The molecular formula is C18H12Cl2F2N2O2. The van der Waals surface area contributed by atoms with Gasteiger partial charge in [0.05, 0.1) is 11.8 Å². The van der Waals surface area contributed by atoms with Gasteiger partial charge in [0.2, 0.25) is 5.91 Å². The molecule has 0 aliphatic carbocycles. The van der Waals surface area contributed by atoms with Gasteiger partial charge < -0.3 is 9.73 Å². The van der Waals surface area contributed by atoms with Gasteiger partial charge >= 0.3 is 0 Å². The van der Waals surface area contributed by atoms with Crippen molar-refractivity contribution < 1.29 is 18.0 Å². The number of anilines is 1. The lowest BCUT2D eigenvalue weighted by Gasteiger charge is -2.05. The highest BCUT2D eigenvalue weighted by molar-refractivity contribution is 6.35. The Labute approximate surface area is 157 Å². The van der Waals surface area contributed by atoms with Crippen molar-refractivity contribution in [2.24, 2.45) is 0 Å². The molecule has 0 aliphatic heterocycles. The average molecular weight is 397 g/mol. The summed E-state index contributed by atoms with van der Waals surface area (Å²) in [6.07, 6.45) is 1.64. The first-order valence-corrected chi connectivity index (χ1v) is 8.32. The monoisotopic (exact) mass is 396 g/mol. The first kappa shape index (κ1) is 18.4. The minimum atomic E-state index is -0.747. The third-order valence-corrected chi connectivity index (χ3v) is 3.90. The molecule has 0 aliphatic rings. The van der Waals surface area contributed by atoms with Gasteiger partial charge in [-0.3, -0.25) is 4.79 Å². The van der Waals surface area contributed by atoms with Crippen LogP contribution in [-0.4, -0.2) is 10.9 Å². The normalized spacial score (nSPS) is 10.8. The summed E-state index contributed by atoms with van der Waals surface area (Å²) in [5.74, 6) is -1.27. The fourth-order valence-corrected chi connectivity index (χ4v) is 2.84. The lowest BCUT2D eigenvalue weighted by Crippen LogP contribution is -2.12. The van der Waals surface area contributed by atoms with E-state index in [4.69, 9.17) is 27.6 Å². The molecule has 4 nitrogen and oxygen atoms in total. The highest BCUT2D eigenvalue weighted by Gasteiger charge is 2.13. The third kappa shape index (κ3) is 4.59. The van der Waals surface area contributed by atoms with Crippen LogP contribution in [0.25, 0.3) is 11.3 Å². The summed E-state index contributed by atoms with van der Waals surface area (Å²) in [7, 11) is 0. The SMILES string of the molecule is O=C(CCc1ncc(-c2ccc(F)cc2F)o1)Nc1cc(Cl)cc(Cl)c1. The van der Waals surface area contributed by atoms with Crippen LogP contribution in [0.3, 0.4) is 0 Å². The van der Waals surface area contributed by atoms with Crippen molar-refractivity contribution in [2.75, 3.05) is 5.32 Å². The van der Waals surface area contributed by atoms with E-state index in [2.05, 4.69) is 10.3 Å². The quantitative estimate of drug-likeness (QED) is 0.619. The summed E-state index contributed by atoms with van der Waals surface area (Å²) < 4.78 is 32.1. The lowest BCUT2D eigenvalue weighted by atomic mass is 10.2. The maximum atomic E-state index is 13.8. The van der Waals surface area contributed by atoms with E-state index in [9.17, 15) is 13.6 Å². The first-order chi connectivity index (χ1) is 12.4. The van der Waals surface area contributed by atoms with Gasteiger partial charge in [-0.2, -0.15) is 0 Å². The van der Waals surface area contributed by atoms with Crippen LogP contribution in [-0.2, 0) is 11.2 Å². The number of benzene rings is 2. The molecule has 3 rings (SSSR count). The number of amides is 1. The molecule has 1 amide bonds. The van der Waals surface area contributed by atoms with Crippen LogP contribution in [0.5, 0.6) is 0 Å². The number of rotatable bonds is 5. The summed E-state index contributed by atoms with van der Waals surface area (Å²) in [4.78, 5) is 16.0. The highest BCUT2D eigenvalue weighted by Crippen LogP contribution is 2.25. The van der Waals surface area contributed by atoms with Gasteiger partial charge in [-0.15, -0.1) is 0 Å². The predicted octanol–water partition coefficient (Wildman–Crippen LogP) is 5.50. The zero-order valence-electron chi connectivity index (χ0n) is 13.2. The van der Waals surface area contributed by atoms with E-state index in [1.54, 1.807) is 18.2 Å². The highest BCUT2D eigenvalue weighted by atomic mass is 35.5. The summed E-state index contributed by atoms with van der Waals surface area (Å²) in [6.45, 7) is 0. The minimum Gasteiger partial charge on any atom is -0.441 e. The van der Waals surface area contributed by atoms with Crippen LogP contribution in [0.15, 0.2) is 47.0 Å². The number of hydrogen-bond donors (Lipinski definition) is 1. The predicted molar refractivity (Wildman–Crippen MR) is 95.3 cm³/mol. The number of aryl methyl sites for hydroxylation is 1. The van der Waals surface area contributed by atoms with E-state index in [-0.39, 0.29) is 36.0 Å². The molecule has 0 spiro atoms. The largest absolute Gasteiger partial charge is 0.441 e. The molecular weight excluding hydrogens is 385 g/mol. The minimum absolute atomic E-state index is 0.0932. The number of oxazole rings is 1. The van der Waals surface area contributed by atoms with Gasteiger partial charge in [0, 0.05) is 34.6 Å². The standard InChI is InChI=1S/C18H12Cl2F2N2O2/c19-10-5-11(20)7-13(6-10)24-17(25)3-4-18-23-9-16(26-18)14-2-1-12(21)8-15(14)22/h1-2,5-9H,3-4H2,(H,24,25). The van der Waals surface area contributed by atoms with Crippen molar-refractivity contribution in [1.29, 1.82) is 0 Å². The molecule has 0 unspecified atom stereocenters. The number of hydrogen-bond acceptors (Lipinski definition) is 3. The average Bonchev–Trinajstić information content (AvgIpc) is 3.00. The molecule has 1 heterocycles. The topological polar surface area (TPSA) is 55.1 Å². The maximum absolute atomic E-state index is 13.8. The second-order valence-electron chi connectivity index (χ2n) is 5.45. The van der Waals surface area contributed by atoms with Crippen LogP contribution < -0.4 is 5.32 Å². The van der Waals surface area contributed by atoms with Crippen LogP contribution in [0, 0.1) is 11.6 Å². The van der Waals surface area contributed by atoms with Gasteiger partial charge in [-0.05, 0) is 30.3 Å². The van der Waals surface area contributed by atoms with E-state index >= 15 is 0 Å². The second kappa shape index (κ2) is 7.85. The Bertz CT molecular complexity index is 940. The van der Waals surface area contributed by atoms with E-state index in [1.165, 1.54) is 12.3 Å².